The van der Waals surface area contributed by atoms with Crippen LogP contribution in [-0.2, 0) is 0 Å². The van der Waals surface area contributed by atoms with Gasteiger partial charge in [0.15, 0.2) is 0 Å². The SMILES string of the molecule is NC(=O)c1ccc(NCC2CCN(C3CCCC3)C2)nc1. The Labute approximate surface area is 125 Å². The molecule has 0 radical (unpaired) electrons. The molecular formula is C16H24N4O. The Morgan fingerprint density at radius 1 is 1.33 bits per heavy atom. The zero-order chi connectivity index (χ0) is 14.7. The first kappa shape index (κ1) is 14.3. The predicted octanol–water partition coefficient (Wildman–Crippen LogP) is 1.86. The minimum atomic E-state index is -0.433. The van der Waals surface area contributed by atoms with Crippen molar-refractivity contribution < 1.29 is 4.79 Å². The Balaban J connectivity index is 1.46. The molecule has 1 aliphatic heterocycles. The van der Waals surface area contributed by atoms with Gasteiger partial charge in [0.05, 0.1) is 5.56 Å². The lowest BCUT2D eigenvalue weighted by molar-refractivity contribution is 0.1000. The number of pyridine rings is 1. The molecule has 1 aliphatic carbocycles. The third kappa shape index (κ3) is 3.53. The van der Waals surface area contributed by atoms with Crippen molar-refractivity contribution in [2.75, 3.05) is 25.0 Å². The molecule has 0 aromatic carbocycles. The zero-order valence-corrected chi connectivity index (χ0v) is 12.4. The second kappa shape index (κ2) is 6.43. The molecule has 0 spiro atoms. The smallest absolute Gasteiger partial charge is 0.250 e. The lowest BCUT2D eigenvalue weighted by Gasteiger charge is -2.23. The van der Waals surface area contributed by atoms with E-state index in [0.717, 1.165) is 18.4 Å². The second-order valence-electron chi connectivity index (χ2n) is 6.27. The summed E-state index contributed by atoms with van der Waals surface area (Å²) in [5.74, 6) is 1.08. The predicted molar refractivity (Wildman–Crippen MR) is 83.2 cm³/mol. The maximum atomic E-state index is 11.0. The van der Waals surface area contributed by atoms with E-state index in [1.165, 1.54) is 51.4 Å². The largest absolute Gasteiger partial charge is 0.370 e. The number of nitrogens with zero attached hydrogens (tertiary/aromatic N) is 2. The Morgan fingerprint density at radius 2 is 2.14 bits per heavy atom. The summed E-state index contributed by atoms with van der Waals surface area (Å²) >= 11 is 0. The molecule has 1 aromatic heterocycles. The number of hydrogen-bond donors (Lipinski definition) is 2. The van der Waals surface area contributed by atoms with Crippen LogP contribution < -0.4 is 11.1 Å². The Kier molecular flexibility index (Phi) is 4.39. The van der Waals surface area contributed by atoms with Crippen molar-refractivity contribution in [1.82, 2.24) is 9.88 Å². The molecule has 1 amide bonds. The molecule has 2 fully saturated rings. The summed E-state index contributed by atoms with van der Waals surface area (Å²) in [4.78, 5) is 17.9. The number of likely N-dealkylation sites (tertiary alicyclic amines) is 1. The van der Waals surface area contributed by atoms with Crippen molar-refractivity contribution in [3.8, 4) is 0 Å². The van der Waals surface area contributed by atoms with Crippen molar-refractivity contribution in [3.05, 3.63) is 23.9 Å². The van der Waals surface area contributed by atoms with Gasteiger partial charge < -0.3 is 16.0 Å². The highest BCUT2D eigenvalue weighted by Gasteiger charge is 2.29. The molecule has 3 N–H and O–H groups in total. The summed E-state index contributed by atoms with van der Waals surface area (Å²) in [6.45, 7) is 3.40. The molecular weight excluding hydrogens is 264 g/mol. The number of carbonyl (C=O) groups excluding carboxylic acids is 1. The molecule has 5 nitrogen and oxygen atoms in total. The summed E-state index contributed by atoms with van der Waals surface area (Å²) in [6, 6.07) is 4.38. The van der Waals surface area contributed by atoms with Gasteiger partial charge in [0, 0.05) is 25.3 Å². The van der Waals surface area contributed by atoms with E-state index in [-0.39, 0.29) is 0 Å². The van der Waals surface area contributed by atoms with E-state index in [0.29, 0.717) is 11.5 Å². The van der Waals surface area contributed by atoms with Crippen LogP contribution in [-0.4, -0.2) is 41.5 Å². The number of aromatic nitrogens is 1. The number of primary amides is 1. The lowest BCUT2D eigenvalue weighted by Crippen LogP contribution is -2.31. The van der Waals surface area contributed by atoms with E-state index in [1.54, 1.807) is 6.07 Å². The summed E-state index contributed by atoms with van der Waals surface area (Å²) in [5.41, 5.74) is 5.66. The Hall–Kier alpha value is -1.62. The number of anilines is 1. The highest BCUT2D eigenvalue weighted by molar-refractivity contribution is 5.92. The maximum Gasteiger partial charge on any atom is 0.250 e. The second-order valence-corrected chi connectivity index (χ2v) is 6.27. The third-order valence-corrected chi connectivity index (χ3v) is 4.78. The Bertz CT molecular complexity index is 482. The minimum absolute atomic E-state index is 0.433. The fourth-order valence-corrected chi connectivity index (χ4v) is 3.52. The van der Waals surface area contributed by atoms with Gasteiger partial charge in [-0.25, -0.2) is 4.98 Å². The molecule has 1 atom stereocenters. The molecule has 5 heteroatoms. The van der Waals surface area contributed by atoms with Crippen molar-refractivity contribution in [3.63, 3.8) is 0 Å². The number of carbonyl (C=O) groups is 1. The van der Waals surface area contributed by atoms with Gasteiger partial charge in [0.25, 0.3) is 0 Å². The van der Waals surface area contributed by atoms with Gasteiger partial charge in [0.1, 0.15) is 5.82 Å². The number of nitrogens with two attached hydrogens (primary N) is 1. The maximum absolute atomic E-state index is 11.0. The number of nitrogens with one attached hydrogen (secondary N) is 1. The quantitative estimate of drug-likeness (QED) is 0.867. The summed E-state index contributed by atoms with van der Waals surface area (Å²) in [7, 11) is 0. The van der Waals surface area contributed by atoms with Crippen LogP contribution >= 0.6 is 0 Å². The molecule has 1 unspecified atom stereocenters. The van der Waals surface area contributed by atoms with Crippen LogP contribution in [0.1, 0.15) is 42.5 Å². The first-order valence-corrected chi connectivity index (χ1v) is 7.96. The fraction of sp³-hybridized carbons (Fsp3) is 0.625. The van der Waals surface area contributed by atoms with Crippen LogP contribution in [0.4, 0.5) is 5.82 Å². The Morgan fingerprint density at radius 3 is 2.81 bits per heavy atom. The molecule has 3 rings (SSSR count). The van der Waals surface area contributed by atoms with Crippen LogP contribution in [0.15, 0.2) is 18.3 Å². The van der Waals surface area contributed by atoms with E-state index >= 15 is 0 Å². The molecule has 21 heavy (non-hydrogen) atoms. The summed E-state index contributed by atoms with van der Waals surface area (Å²) in [6.07, 6.45) is 8.38. The zero-order valence-electron chi connectivity index (χ0n) is 12.4. The van der Waals surface area contributed by atoms with E-state index < -0.39 is 5.91 Å². The molecule has 1 saturated carbocycles. The minimum Gasteiger partial charge on any atom is -0.370 e. The summed E-state index contributed by atoms with van der Waals surface area (Å²) < 4.78 is 0. The van der Waals surface area contributed by atoms with Gasteiger partial charge in [-0.15, -0.1) is 0 Å². The third-order valence-electron chi connectivity index (χ3n) is 4.78. The van der Waals surface area contributed by atoms with Crippen LogP contribution in [0, 0.1) is 5.92 Å². The highest BCUT2D eigenvalue weighted by atomic mass is 16.1. The fourth-order valence-electron chi connectivity index (χ4n) is 3.52. The van der Waals surface area contributed by atoms with Crippen LogP contribution in [0.2, 0.25) is 0 Å². The van der Waals surface area contributed by atoms with Gasteiger partial charge in [-0.3, -0.25) is 4.79 Å². The molecule has 0 bridgehead atoms. The first-order chi connectivity index (χ1) is 10.2. The molecule has 1 aromatic rings. The monoisotopic (exact) mass is 288 g/mol. The molecule has 2 heterocycles. The van der Waals surface area contributed by atoms with Gasteiger partial charge in [-0.1, -0.05) is 12.8 Å². The molecule has 114 valence electrons. The van der Waals surface area contributed by atoms with E-state index in [9.17, 15) is 4.79 Å². The highest BCUT2D eigenvalue weighted by Crippen LogP contribution is 2.28. The number of amides is 1. The molecule has 2 aliphatic rings. The lowest BCUT2D eigenvalue weighted by atomic mass is 10.1. The van der Waals surface area contributed by atoms with Crippen LogP contribution in [0.5, 0.6) is 0 Å². The van der Waals surface area contributed by atoms with Crippen molar-refractivity contribution in [2.24, 2.45) is 11.7 Å². The van der Waals surface area contributed by atoms with Gasteiger partial charge >= 0.3 is 0 Å². The number of rotatable bonds is 5. The number of hydrogen-bond acceptors (Lipinski definition) is 4. The van der Waals surface area contributed by atoms with Gasteiger partial charge in [-0.05, 0) is 43.9 Å². The van der Waals surface area contributed by atoms with E-state index in [4.69, 9.17) is 5.73 Å². The van der Waals surface area contributed by atoms with Crippen molar-refractivity contribution >= 4 is 11.7 Å². The standard InChI is InChI=1S/C16H24N4O/c17-16(21)13-5-6-15(19-10-13)18-9-12-7-8-20(11-12)14-3-1-2-4-14/h5-6,10,12,14H,1-4,7-9,11H2,(H2,17,21)(H,18,19). The van der Waals surface area contributed by atoms with Crippen molar-refractivity contribution in [2.45, 2.75) is 38.1 Å². The van der Waals surface area contributed by atoms with Gasteiger partial charge in [-0.2, -0.15) is 0 Å². The van der Waals surface area contributed by atoms with Crippen molar-refractivity contribution in [1.29, 1.82) is 0 Å². The topological polar surface area (TPSA) is 71.2 Å². The molecule has 1 saturated heterocycles. The van der Waals surface area contributed by atoms with E-state index in [1.807, 2.05) is 6.07 Å². The van der Waals surface area contributed by atoms with Crippen LogP contribution in [0.3, 0.4) is 0 Å². The van der Waals surface area contributed by atoms with Crippen LogP contribution in [0.25, 0.3) is 0 Å². The normalized spacial score (nSPS) is 23.5. The average molecular weight is 288 g/mol. The average Bonchev–Trinajstić information content (AvgIpc) is 3.16. The van der Waals surface area contributed by atoms with Gasteiger partial charge in [0.2, 0.25) is 5.91 Å². The van der Waals surface area contributed by atoms with E-state index in [2.05, 4.69) is 15.2 Å². The first-order valence-electron chi connectivity index (χ1n) is 7.96. The summed E-state index contributed by atoms with van der Waals surface area (Å²) in [5, 5.41) is 3.37.